The number of nitrogens with zero attached hydrogens (tertiary/aromatic N) is 4. The highest BCUT2D eigenvalue weighted by Gasteiger charge is 2.26. The molecule has 8 nitrogen and oxygen atoms in total. The highest BCUT2D eigenvalue weighted by atomic mass is 32.2. The standard InChI is InChI=1S/C21H28FN5O3S/c1-4-31(29,30)27-12-10-26(11-13-27)15-17-6-5-7-19(20(17)22)25(3)21(28)24-18-9-8-16(2)23-14-18/h5-9,14H,4,10-13,15H2,1-3H3,(H,24,28). The molecule has 1 fully saturated rings. The number of piperazine rings is 1. The van der Waals surface area contributed by atoms with Gasteiger partial charge < -0.3 is 5.32 Å². The molecule has 0 unspecified atom stereocenters. The van der Waals surface area contributed by atoms with E-state index in [1.54, 1.807) is 43.5 Å². The molecule has 0 atom stereocenters. The van der Waals surface area contributed by atoms with Gasteiger partial charge in [-0.2, -0.15) is 4.31 Å². The summed E-state index contributed by atoms with van der Waals surface area (Å²) in [6, 6.07) is 7.99. The topological polar surface area (TPSA) is 85.9 Å². The van der Waals surface area contributed by atoms with E-state index in [1.165, 1.54) is 16.3 Å². The number of halogens is 1. The molecule has 10 heteroatoms. The number of nitrogens with one attached hydrogen (secondary N) is 1. The Hall–Kier alpha value is -2.56. The van der Waals surface area contributed by atoms with Crippen molar-refractivity contribution in [2.75, 3.05) is 49.2 Å². The number of amides is 2. The molecule has 0 bridgehead atoms. The number of rotatable bonds is 6. The Kier molecular flexibility index (Phi) is 7.24. The lowest BCUT2D eigenvalue weighted by atomic mass is 10.1. The van der Waals surface area contributed by atoms with Crippen molar-refractivity contribution < 1.29 is 17.6 Å². The SMILES string of the molecule is CCS(=O)(=O)N1CCN(Cc2cccc(N(C)C(=O)Nc3ccc(C)nc3)c2F)CC1. The van der Waals surface area contributed by atoms with Crippen molar-refractivity contribution in [1.29, 1.82) is 0 Å². The van der Waals surface area contributed by atoms with Crippen LogP contribution in [0.3, 0.4) is 0 Å². The van der Waals surface area contributed by atoms with E-state index in [9.17, 15) is 13.2 Å². The highest BCUT2D eigenvalue weighted by Crippen LogP contribution is 2.24. The van der Waals surface area contributed by atoms with Crippen molar-refractivity contribution in [1.82, 2.24) is 14.2 Å². The van der Waals surface area contributed by atoms with Gasteiger partial charge >= 0.3 is 6.03 Å². The normalized spacial score (nSPS) is 15.6. The molecule has 1 saturated heterocycles. The van der Waals surface area contributed by atoms with Crippen molar-refractivity contribution >= 4 is 27.4 Å². The monoisotopic (exact) mass is 449 g/mol. The van der Waals surface area contributed by atoms with Crippen LogP contribution in [0.25, 0.3) is 0 Å². The molecule has 2 heterocycles. The van der Waals surface area contributed by atoms with Crippen molar-refractivity contribution in [2.45, 2.75) is 20.4 Å². The summed E-state index contributed by atoms with van der Waals surface area (Å²) in [6.45, 7) is 5.66. The predicted molar refractivity (Wildman–Crippen MR) is 119 cm³/mol. The van der Waals surface area contributed by atoms with Crippen molar-refractivity contribution in [2.24, 2.45) is 0 Å². The molecule has 0 aliphatic carbocycles. The van der Waals surface area contributed by atoms with Gasteiger partial charge in [-0.25, -0.2) is 17.6 Å². The fraction of sp³-hybridized carbons (Fsp3) is 0.429. The third kappa shape index (κ3) is 5.57. The Morgan fingerprint density at radius 2 is 1.90 bits per heavy atom. The zero-order chi connectivity index (χ0) is 22.6. The summed E-state index contributed by atoms with van der Waals surface area (Å²) in [7, 11) is -1.70. The van der Waals surface area contributed by atoms with Gasteiger partial charge in [0.25, 0.3) is 0 Å². The Balaban J connectivity index is 1.66. The molecule has 3 rings (SSSR count). The first-order valence-corrected chi connectivity index (χ1v) is 11.8. The van der Waals surface area contributed by atoms with Crippen LogP contribution >= 0.6 is 0 Å². The number of anilines is 2. The van der Waals surface area contributed by atoms with E-state index in [-0.39, 0.29) is 11.4 Å². The second-order valence-corrected chi connectivity index (χ2v) is 9.76. The fourth-order valence-corrected chi connectivity index (χ4v) is 4.48. The third-order valence-corrected chi connectivity index (χ3v) is 7.25. The molecule has 1 aliphatic heterocycles. The largest absolute Gasteiger partial charge is 0.326 e. The van der Waals surface area contributed by atoms with Gasteiger partial charge in [-0.05, 0) is 32.0 Å². The lowest BCUT2D eigenvalue weighted by Gasteiger charge is -2.34. The maximum atomic E-state index is 15.2. The molecular formula is C21H28FN5O3S. The molecule has 0 saturated carbocycles. The molecule has 1 aromatic heterocycles. The zero-order valence-corrected chi connectivity index (χ0v) is 18.8. The van der Waals surface area contributed by atoms with Gasteiger partial charge in [0, 0.05) is 51.0 Å². The van der Waals surface area contributed by atoms with Gasteiger partial charge in [-0.3, -0.25) is 14.8 Å². The maximum Gasteiger partial charge on any atom is 0.326 e. The number of hydrogen-bond donors (Lipinski definition) is 1. The summed E-state index contributed by atoms with van der Waals surface area (Å²) in [6.07, 6.45) is 1.55. The van der Waals surface area contributed by atoms with Gasteiger partial charge in [0.05, 0.1) is 23.3 Å². The summed E-state index contributed by atoms with van der Waals surface area (Å²) in [5, 5.41) is 2.70. The van der Waals surface area contributed by atoms with E-state index >= 15 is 4.39 Å². The van der Waals surface area contributed by atoms with E-state index in [0.29, 0.717) is 44.0 Å². The molecular weight excluding hydrogens is 421 g/mol. The van der Waals surface area contributed by atoms with Crippen molar-refractivity contribution in [3.63, 3.8) is 0 Å². The molecule has 0 radical (unpaired) electrons. The molecule has 1 aliphatic rings. The number of hydrogen-bond acceptors (Lipinski definition) is 5. The third-order valence-electron chi connectivity index (χ3n) is 5.37. The van der Waals surface area contributed by atoms with Gasteiger partial charge in [0.2, 0.25) is 10.0 Å². The fourth-order valence-electron chi connectivity index (χ4n) is 3.40. The maximum absolute atomic E-state index is 15.2. The quantitative estimate of drug-likeness (QED) is 0.733. The van der Waals surface area contributed by atoms with Gasteiger partial charge in [0.1, 0.15) is 0 Å². The summed E-state index contributed by atoms with van der Waals surface area (Å²) in [5.74, 6) is -0.387. The number of pyridine rings is 1. The first-order valence-electron chi connectivity index (χ1n) is 10.2. The second kappa shape index (κ2) is 9.71. The smallest absolute Gasteiger partial charge is 0.306 e. The minimum atomic E-state index is -3.20. The summed E-state index contributed by atoms with van der Waals surface area (Å²) in [5.41, 5.74) is 1.99. The summed E-state index contributed by atoms with van der Waals surface area (Å²) >= 11 is 0. The molecule has 2 aromatic rings. The van der Waals surface area contributed by atoms with Crippen LogP contribution in [0.4, 0.5) is 20.6 Å². The number of benzene rings is 1. The van der Waals surface area contributed by atoms with Crippen LogP contribution in [0.15, 0.2) is 36.5 Å². The average Bonchev–Trinajstić information content (AvgIpc) is 2.76. The molecule has 0 spiro atoms. The van der Waals surface area contributed by atoms with E-state index in [0.717, 1.165) is 5.69 Å². The Morgan fingerprint density at radius 1 is 1.19 bits per heavy atom. The zero-order valence-electron chi connectivity index (χ0n) is 18.0. The van der Waals surface area contributed by atoms with E-state index in [4.69, 9.17) is 0 Å². The van der Waals surface area contributed by atoms with Crippen molar-refractivity contribution in [3.05, 3.63) is 53.6 Å². The molecule has 31 heavy (non-hydrogen) atoms. The second-order valence-electron chi connectivity index (χ2n) is 7.50. The van der Waals surface area contributed by atoms with E-state index in [1.807, 2.05) is 11.8 Å². The van der Waals surface area contributed by atoms with Crippen LogP contribution in [0.5, 0.6) is 0 Å². The first kappa shape index (κ1) is 23.1. The van der Waals surface area contributed by atoms with Crippen LogP contribution < -0.4 is 10.2 Å². The molecule has 2 amide bonds. The predicted octanol–water partition coefficient (Wildman–Crippen LogP) is 2.66. The van der Waals surface area contributed by atoms with E-state index in [2.05, 4.69) is 10.3 Å². The van der Waals surface area contributed by atoms with Crippen LogP contribution in [-0.2, 0) is 16.6 Å². The minimum absolute atomic E-state index is 0.0801. The van der Waals surface area contributed by atoms with Crippen LogP contribution in [-0.4, -0.2) is 67.6 Å². The van der Waals surface area contributed by atoms with Crippen LogP contribution in [0.1, 0.15) is 18.2 Å². The lowest BCUT2D eigenvalue weighted by Crippen LogP contribution is -2.48. The van der Waals surface area contributed by atoms with E-state index < -0.39 is 21.9 Å². The number of carbonyl (C=O) groups excluding carboxylic acids is 1. The van der Waals surface area contributed by atoms with Crippen LogP contribution in [0.2, 0.25) is 0 Å². The van der Waals surface area contributed by atoms with Gasteiger partial charge in [0.15, 0.2) is 5.82 Å². The minimum Gasteiger partial charge on any atom is -0.306 e. The summed E-state index contributed by atoms with van der Waals surface area (Å²) in [4.78, 5) is 19.9. The number of aryl methyl sites for hydroxylation is 1. The number of sulfonamides is 1. The Morgan fingerprint density at radius 3 is 2.52 bits per heavy atom. The van der Waals surface area contributed by atoms with Crippen LogP contribution in [0, 0.1) is 12.7 Å². The van der Waals surface area contributed by atoms with Gasteiger partial charge in [-0.1, -0.05) is 12.1 Å². The lowest BCUT2D eigenvalue weighted by molar-refractivity contribution is 0.180. The first-order chi connectivity index (χ1) is 14.7. The molecule has 1 aromatic carbocycles. The van der Waals surface area contributed by atoms with Crippen molar-refractivity contribution in [3.8, 4) is 0 Å². The number of urea groups is 1. The Labute approximate surface area is 182 Å². The average molecular weight is 450 g/mol. The van der Waals surface area contributed by atoms with Gasteiger partial charge in [-0.15, -0.1) is 0 Å². The molecule has 1 N–H and O–H groups in total. The highest BCUT2D eigenvalue weighted by molar-refractivity contribution is 7.89. The molecule has 168 valence electrons. The number of aromatic nitrogens is 1. The Bertz CT molecular complexity index is 1020. The summed E-state index contributed by atoms with van der Waals surface area (Å²) < 4.78 is 40.7. The number of carbonyl (C=O) groups is 1.